The summed E-state index contributed by atoms with van der Waals surface area (Å²) in [4.78, 5) is 16.5. The van der Waals surface area contributed by atoms with Crippen molar-refractivity contribution >= 4 is 17.0 Å². The lowest BCUT2D eigenvalue weighted by Gasteiger charge is -2.15. The highest BCUT2D eigenvalue weighted by atomic mass is 16.5. The number of phenolic OH excluding ortho intramolecular Hbond substituents is 1. The number of esters is 1. The van der Waals surface area contributed by atoms with E-state index in [9.17, 15) is 15.0 Å². The van der Waals surface area contributed by atoms with Crippen LogP contribution in [-0.4, -0.2) is 40.7 Å². The van der Waals surface area contributed by atoms with Crippen LogP contribution in [0.3, 0.4) is 0 Å². The lowest BCUT2D eigenvalue weighted by Crippen LogP contribution is -2.16. The first-order chi connectivity index (χ1) is 14.8. The number of imidazole rings is 1. The number of ether oxygens (including phenoxy) is 1. The van der Waals surface area contributed by atoms with Gasteiger partial charge < -0.3 is 19.5 Å². The zero-order valence-corrected chi connectivity index (χ0v) is 17.7. The molecule has 2 aromatic carbocycles. The second-order valence-corrected chi connectivity index (χ2v) is 7.58. The van der Waals surface area contributed by atoms with E-state index < -0.39 is 0 Å². The van der Waals surface area contributed by atoms with Crippen LogP contribution in [-0.2, 0) is 18.3 Å². The van der Waals surface area contributed by atoms with Gasteiger partial charge in [-0.1, -0.05) is 43.2 Å². The first kappa shape index (κ1) is 20.4. The van der Waals surface area contributed by atoms with E-state index in [1.165, 1.54) is 10.7 Å². The number of aromatic nitrogens is 5. The van der Waals surface area contributed by atoms with Gasteiger partial charge in [0.1, 0.15) is 22.9 Å². The summed E-state index contributed by atoms with van der Waals surface area (Å²) in [5, 5.41) is 29.1. The number of para-hydroxylation sites is 1. The molecule has 31 heavy (non-hydrogen) atoms. The van der Waals surface area contributed by atoms with E-state index in [0.717, 1.165) is 5.52 Å². The van der Waals surface area contributed by atoms with Crippen LogP contribution in [0, 0.1) is 5.92 Å². The van der Waals surface area contributed by atoms with Gasteiger partial charge in [0.05, 0.1) is 23.3 Å². The van der Waals surface area contributed by atoms with Crippen LogP contribution in [0.4, 0.5) is 0 Å². The topological polar surface area (TPSA) is 115 Å². The number of carbonyl (C=O) groups excluding carboxylic acids is 1. The Morgan fingerprint density at radius 3 is 2.71 bits per heavy atom. The van der Waals surface area contributed by atoms with E-state index in [1.54, 1.807) is 32.3 Å². The molecule has 4 rings (SSSR count). The monoisotopic (exact) mass is 421 g/mol. The number of fused-ring (bicyclic) bond motifs is 1. The molecule has 2 heterocycles. The fourth-order valence-electron chi connectivity index (χ4n) is 3.39. The molecule has 9 nitrogen and oxygen atoms in total. The zero-order chi connectivity index (χ0) is 22.3. The molecule has 0 saturated carbocycles. The Morgan fingerprint density at radius 1 is 1.23 bits per heavy atom. The summed E-state index contributed by atoms with van der Waals surface area (Å²) in [6, 6.07) is 8.64. The van der Waals surface area contributed by atoms with Gasteiger partial charge in [-0.2, -0.15) is 0 Å². The number of carbonyl (C=O) groups is 1. The third-order valence-electron chi connectivity index (χ3n) is 5.11. The lowest BCUT2D eigenvalue weighted by molar-refractivity contribution is -0.137. The van der Waals surface area contributed by atoms with Crippen molar-refractivity contribution in [2.75, 3.05) is 0 Å². The Labute approximate surface area is 178 Å². The Kier molecular flexibility index (Phi) is 5.10. The van der Waals surface area contributed by atoms with Gasteiger partial charge in [0.15, 0.2) is 0 Å². The molecular weight excluding hydrogens is 398 g/mol. The average molecular weight is 421 g/mol. The summed E-state index contributed by atoms with van der Waals surface area (Å²) in [6.07, 6.45) is 2.24. The molecule has 0 saturated heterocycles. The molecule has 0 spiro atoms. The maximum absolute atomic E-state index is 12.0. The molecular formula is C22H23N5O4. The number of hydrogen-bond donors (Lipinski definition) is 2. The SMILES string of the molecule is CCc1cc(-n2nnc(O)c2-c2cccc3c2ncn3C)c(O)cc1OC(=O)C(C)C. The van der Waals surface area contributed by atoms with E-state index in [-0.39, 0.29) is 23.5 Å². The molecule has 0 unspecified atom stereocenters. The number of benzene rings is 2. The number of nitrogens with zero attached hydrogens (tertiary/aromatic N) is 5. The predicted octanol–water partition coefficient (Wildman–Crippen LogP) is 3.36. The summed E-state index contributed by atoms with van der Waals surface area (Å²) >= 11 is 0. The van der Waals surface area contributed by atoms with Crippen LogP contribution in [0.1, 0.15) is 26.3 Å². The van der Waals surface area contributed by atoms with Crippen molar-refractivity contribution in [2.45, 2.75) is 27.2 Å². The molecule has 0 amide bonds. The maximum atomic E-state index is 12.0. The molecule has 0 aliphatic heterocycles. The van der Waals surface area contributed by atoms with Crippen molar-refractivity contribution in [2.24, 2.45) is 13.0 Å². The molecule has 9 heteroatoms. The molecule has 2 aromatic heterocycles. The van der Waals surface area contributed by atoms with Crippen LogP contribution >= 0.6 is 0 Å². The Balaban J connectivity index is 1.88. The lowest BCUT2D eigenvalue weighted by atomic mass is 10.1. The molecule has 2 N–H and O–H groups in total. The minimum absolute atomic E-state index is 0.164. The highest BCUT2D eigenvalue weighted by molar-refractivity contribution is 5.92. The van der Waals surface area contributed by atoms with Gasteiger partial charge >= 0.3 is 5.97 Å². The number of aryl methyl sites for hydroxylation is 2. The third kappa shape index (κ3) is 3.48. The van der Waals surface area contributed by atoms with Crippen LogP contribution in [0.5, 0.6) is 17.4 Å². The van der Waals surface area contributed by atoms with E-state index in [1.807, 2.05) is 30.7 Å². The van der Waals surface area contributed by atoms with Crippen LogP contribution in [0.2, 0.25) is 0 Å². The molecule has 4 aromatic rings. The van der Waals surface area contributed by atoms with Crippen LogP contribution in [0.15, 0.2) is 36.7 Å². The van der Waals surface area contributed by atoms with Gasteiger partial charge in [-0.3, -0.25) is 4.79 Å². The van der Waals surface area contributed by atoms with E-state index in [4.69, 9.17) is 4.74 Å². The normalized spacial score (nSPS) is 11.4. The van der Waals surface area contributed by atoms with Gasteiger partial charge in [-0.25, -0.2) is 9.67 Å². The largest absolute Gasteiger partial charge is 0.506 e. The van der Waals surface area contributed by atoms with Gasteiger partial charge in [-0.05, 0) is 24.1 Å². The third-order valence-corrected chi connectivity index (χ3v) is 5.11. The van der Waals surface area contributed by atoms with Gasteiger partial charge in [-0.15, -0.1) is 0 Å². The maximum Gasteiger partial charge on any atom is 0.313 e. The molecule has 0 fully saturated rings. The quantitative estimate of drug-likeness (QED) is 0.375. The zero-order valence-electron chi connectivity index (χ0n) is 17.7. The minimum Gasteiger partial charge on any atom is -0.506 e. The molecule has 0 bridgehead atoms. The highest BCUT2D eigenvalue weighted by Crippen LogP contribution is 2.38. The summed E-state index contributed by atoms with van der Waals surface area (Å²) in [5.74, 6) is -0.846. The number of aromatic hydroxyl groups is 2. The number of phenols is 1. The van der Waals surface area contributed by atoms with Crippen molar-refractivity contribution in [3.63, 3.8) is 0 Å². The van der Waals surface area contributed by atoms with Crippen LogP contribution < -0.4 is 4.74 Å². The standard InChI is InChI=1S/C22H23N5O4/c1-5-13-9-16(17(28)10-18(13)31-22(30)12(2)3)27-20(21(29)24-25-27)14-7-6-8-15-19(14)23-11-26(15)4/h6-12,28-29H,5H2,1-4H3. The first-order valence-electron chi connectivity index (χ1n) is 9.94. The molecule has 0 radical (unpaired) electrons. The van der Waals surface area contributed by atoms with E-state index >= 15 is 0 Å². The Morgan fingerprint density at radius 2 is 2.00 bits per heavy atom. The Bertz CT molecular complexity index is 1290. The van der Waals surface area contributed by atoms with E-state index in [2.05, 4.69) is 15.3 Å². The van der Waals surface area contributed by atoms with Gasteiger partial charge in [0.2, 0.25) is 0 Å². The predicted molar refractivity (Wildman–Crippen MR) is 114 cm³/mol. The van der Waals surface area contributed by atoms with Crippen molar-refractivity contribution in [3.8, 4) is 34.3 Å². The molecule has 0 aliphatic carbocycles. The molecule has 0 atom stereocenters. The highest BCUT2D eigenvalue weighted by Gasteiger charge is 2.23. The minimum atomic E-state index is -0.386. The fourth-order valence-corrected chi connectivity index (χ4v) is 3.39. The molecule has 160 valence electrons. The van der Waals surface area contributed by atoms with Gasteiger partial charge in [0.25, 0.3) is 5.88 Å². The number of hydrogen-bond acceptors (Lipinski definition) is 7. The van der Waals surface area contributed by atoms with Crippen molar-refractivity contribution in [1.82, 2.24) is 24.5 Å². The second-order valence-electron chi connectivity index (χ2n) is 7.58. The van der Waals surface area contributed by atoms with Crippen molar-refractivity contribution < 1.29 is 19.7 Å². The second kappa shape index (κ2) is 7.75. The van der Waals surface area contributed by atoms with Crippen molar-refractivity contribution in [3.05, 3.63) is 42.2 Å². The first-order valence-corrected chi connectivity index (χ1v) is 9.94. The molecule has 0 aliphatic rings. The summed E-state index contributed by atoms with van der Waals surface area (Å²) in [7, 11) is 1.88. The van der Waals surface area contributed by atoms with E-state index in [0.29, 0.717) is 40.2 Å². The van der Waals surface area contributed by atoms with Crippen LogP contribution in [0.25, 0.3) is 28.0 Å². The smallest absolute Gasteiger partial charge is 0.313 e. The summed E-state index contributed by atoms with van der Waals surface area (Å²) in [6.45, 7) is 5.40. The number of rotatable bonds is 5. The van der Waals surface area contributed by atoms with Crippen molar-refractivity contribution in [1.29, 1.82) is 0 Å². The fraction of sp³-hybridized carbons (Fsp3) is 0.273. The summed E-state index contributed by atoms with van der Waals surface area (Å²) in [5.41, 5.74) is 3.47. The Hall–Kier alpha value is -3.88. The average Bonchev–Trinajstić information content (AvgIpc) is 3.31. The van der Waals surface area contributed by atoms with Gasteiger partial charge in [0, 0.05) is 18.7 Å². The summed E-state index contributed by atoms with van der Waals surface area (Å²) < 4.78 is 8.68.